The molecule has 1 saturated heterocycles. The van der Waals surface area contributed by atoms with Crippen LogP contribution in [0.5, 0.6) is 0 Å². The minimum Gasteiger partial charge on any atom is -0.356 e. The van der Waals surface area contributed by atoms with Crippen LogP contribution >= 0.6 is 0 Å². The first-order valence-electron chi connectivity index (χ1n) is 8.06. The largest absolute Gasteiger partial charge is 0.356 e. The van der Waals surface area contributed by atoms with E-state index in [0.29, 0.717) is 6.04 Å². The van der Waals surface area contributed by atoms with Crippen LogP contribution in [0.3, 0.4) is 0 Å². The summed E-state index contributed by atoms with van der Waals surface area (Å²) in [5.74, 6) is 0.887. The van der Waals surface area contributed by atoms with E-state index in [1.807, 2.05) is 7.05 Å². The Morgan fingerprint density at radius 3 is 2.68 bits per heavy atom. The highest BCUT2D eigenvalue weighted by molar-refractivity contribution is 5.79. The Kier molecular flexibility index (Phi) is 6.68. The van der Waals surface area contributed by atoms with Crippen molar-refractivity contribution < 1.29 is 0 Å². The molecule has 1 aliphatic rings. The first-order chi connectivity index (χ1) is 10.7. The molecule has 1 aliphatic heterocycles. The summed E-state index contributed by atoms with van der Waals surface area (Å²) >= 11 is 0. The normalized spacial score (nSPS) is 20.9. The molecule has 0 radical (unpaired) electrons. The Labute approximate surface area is 134 Å². The van der Waals surface area contributed by atoms with Gasteiger partial charge < -0.3 is 15.5 Å². The maximum atomic E-state index is 4.31. The lowest BCUT2D eigenvalue weighted by Gasteiger charge is -2.37. The summed E-state index contributed by atoms with van der Waals surface area (Å²) in [7, 11) is 6.21. The molecule has 0 aromatic heterocycles. The van der Waals surface area contributed by atoms with Gasteiger partial charge in [-0.25, -0.2) is 0 Å². The van der Waals surface area contributed by atoms with Crippen molar-refractivity contribution in [2.45, 2.75) is 12.5 Å². The molecule has 5 heteroatoms. The average molecular weight is 303 g/mol. The van der Waals surface area contributed by atoms with Crippen molar-refractivity contribution in [1.82, 2.24) is 20.4 Å². The molecule has 5 nitrogen and oxygen atoms in total. The van der Waals surface area contributed by atoms with Crippen LogP contribution in [-0.4, -0.2) is 75.7 Å². The topological polar surface area (TPSA) is 42.9 Å². The number of aliphatic imine (C=N–C) groups is 1. The van der Waals surface area contributed by atoms with Gasteiger partial charge in [0.2, 0.25) is 0 Å². The molecule has 1 aromatic rings. The van der Waals surface area contributed by atoms with Gasteiger partial charge in [-0.05, 0) is 26.1 Å². The summed E-state index contributed by atoms with van der Waals surface area (Å²) in [5.41, 5.74) is 1.35. The summed E-state index contributed by atoms with van der Waals surface area (Å²) < 4.78 is 0. The zero-order valence-corrected chi connectivity index (χ0v) is 14.0. The average Bonchev–Trinajstić information content (AvgIpc) is 2.54. The molecular weight excluding hydrogens is 274 g/mol. The third-order valence-corrected chi connectivity index (χ3v) is 4.26. The summed E-state index contributed by atoms with van der Waals surface area (Å²) in [6, 6.07) is 11.1. The zero-order chi connectivity index (χ0) is 15.8. The van der Waals surface area contributed by atoms with E-state index in [0.717, 1.165) is 45.1 Å². The van der Waals surface area contributed by atoms with Crippen molar-refractivity contribution in [3.8, 4) is 0 Å². The molecule has 0 aliphatic carbocycles. The number of rotatable bonds is 5. The number of likely N-dealkylation sites (N-methyl/N-ethyl adjacent to an activating group) is 2. The molecule has 0 amide bonds. The van der Waals surface area contributed by atoms with E-state index < -0.39 is 0 Å². The highest BCUT2D eigenvalue weighted by Crippen LogP contribution is 2.04. The zero-order valence-electron chi connectivity index (χ0n) is 14.0. The van der Waals surface area contributed by atoms with Crippen LogP contribution in [0.25, 0.3) is 0 Å². The quantitative estimate of drug-likeness (QED) is 0.619. The minimum absolute atomic E-state index is 0.534. The standard InChI is InChI=1S/C17H29N5/c1-18-17(19-10-9-15-7-5-4-6-8-15)20-13-16-14-21(2)11-12-22(16)3/h4-8,16H,9-14H2,1-3H3,(H2,18,19,20). The van der Waals surface area contributed by atoms with Crippen LogP contribution in [0.1, 0.15) is 5.56 Å². The lowest BCUT2D eigenvalue weighted by molar-refractivity contribution is 0.116. The Hall–Kier alpha value is -1.59. The van der Waals surface area contributed by atoms with Gasteiger partial charge >= 0.3 is 0 Å². The minimum atomic E-state index is 0.534. The molecule has 1 atom stereocenters. The van der Waals surface area contributed by atoms with Crippen molar-refractivity contribution in [3.63, 3.8) is 0 Å². The third kappa shape index (κ3) is 5.31. The molecule has 1 heterocycles. The van der Waals surface area contributed by atoms with Gasteiger partial charge in [0, 0.05) is 45.8 Å². The highest BCUT2D eigenvalue weighted by atomic mass is 15.3. The molecule has 2 N–H and O–H groups in total. The van der Waals surface area contributed by atoms with E-state index in [-0.39, 0.29) is 0 Å². The number of hydrogen-bond donors (Lipinski definition) is 2. The van der Waals surface area contributed by atoms with Crippen molar-refractivity contribution in [3.05, 3.63) is 35.9 Å². The third-order valence-electron chi connectivity index (χ3n) is 4.26. The van der Waals surface area contributed by atoms with Gasteiger partial charge in [0.15, 0.2) is 5.96 Å². The monoisotopic (exact) mass is 303 g/mol. The number of nitrogens with one attached hydrogen (secondary N) is 2. The van der Waals surface area contributed by atoms with Crippen molar-refractivity contribution in [2.75, 3.05) is 53.9 Å². The summed E-state index contributed by atoms with van der Waals surface area (Å²) in [4.78, 5) is 9.12. The van der Waals surface area contributed by atoms with E-state index >= 15 is 0 Å². The number of nitrogens with zero attached hydrogens (tertiary/aromatic N) is 3. The second-order valence-electron chi connectivity index (χ2n) is 6.01. The summed E-state index contributed by atoms with van der Waals surface area (Å²) in [6.45, 7) is 5.19. The maximum Gasteiger partial charge on any atom is 0.191 e. The van der Waals surface area contributed by atoms with Crippen molar-refractivity contribution >= 4 is 5.96 Å². The van der Waals surface area contributed by atoms with E-state index in [1.54, 1.807) is 0 Å². The molecule has 22 heavy (non-hydrogen) atoms. The molecular formula is C17H29N5. The number of hydrogen-bond acceptors (Lipinski definition) is 3. The number of guanidine groups is 1. The van der Waals surface area contributed by atoms with Crippen LogP contribution in [-0.2, 0) is 6.42 Å². The Balaban J connectivity index is 1.71. The van der Waals surface area contributed by atoms with E-state index in [1.165, 1.54) is 5.56 Å². The molecule has 1 unspecified atom stereocenters. The van der Waals surface area contributed by atoms with Crippen molar-refractivity contribution in [2.24, 2.45) is 4.99 Å². The van der Waals surface area contributed by atoms with Gasteiger partial charge in [-0.1, -0.05) is 30.3 Å². The second-order valence-corrected chi connectivity index (χ2v) is 6.01. The number of piperazine rings is 1. The van der Waals surface area contributed by atoms with Crippen LogP contribution in [0.15, 0.2) is 35.3 Å². The SMILES string of the molecule is CN=C(NCCc1ccccc1)NCC1CN(C)CCN1C. The first-order valence-corrected chi connectivity index (χ1v) is 8.06. The molecule has 1 fully saturated rings. The van der Waals surface area contributed by atoms with Gasteiger partial charge in [-0.2, -0.15) is 0 Å². The Bertz CT molecular complexity index is 459. The highest BCUT2D eigenvalue weighted by Gasteiger charge is 2.21. The second kappa shape index (κ2) is 8.76. The molecule has 0 spiro atoms. The fourth-order valence-electron chi connectivity index (χ4n) is 2.73. The number of benzene rings is 1. The molecule has 1 aromatic carbocycles. The molecule has 0 saturated carbocycles. The Morgan fingerprint density at radius 1 is 1.18 bits per heavy atom. The molecule has 0 bridgehead atoms. The molecule has 2 rings (SSSR count). The smallest absolute Gasteiger partial charge is 0.191 e. The maximum absolute atomic E-state index is 4.31. The Morgan fingerprint density at radius 2 is 1.95 bits per heavy atom. The van der Waals surface area contributed by atoms with Gasteiger partial charge in [0.25, 0.3) is 0 Å². The van der Waals surface area contributed by atoms with E-state index in [4.69, 9.17) is 0 Å². The van der Waals surface area contributed by atoms with Crippen LogP contribution in [0, 0.1) is 0 Å². The van der Waals surface area contributed by atoms with E-state index in [9.17, 15) is 0 Å². The van der Waals surface area contributed by atoms with Gasteiger partial charge in [-0.3, -0.25) is 9.89 Å². The predicted octanol–water partition coefficient (Wildman–Crippen LogP) is 0.640. The fourth-order valence-corrected chi connectivity index (χ4v) is 2.73. The summed E-state index contributed by atoms with van der Waals surface area (Å²) in [6.07, 6.45) is 1.01. The van der Waals surface area contributed by atoms with Gasteiger partial charge in [0.05, 0.1) is 0 Å². The first kappa shape index (κ1) is 16.8. The van der Waals surface area contributed by atoms with Gasteiger partial charge in [0.1, 0.15) is 0 Å². The van der Waals surface area contributed by atoms with E-state index in [2.05, 4.69) is 69.9 Å². The predicted molar refractivity (Wildman–Crippen MR) is 93.4 cm³/mol. The van der Waals surface area contributed by atoms with Gasteiger partial charge in [-0.15, -0.1) is 0 Å². The lowest BCUT2D eigenvalue weighted by atomic mass is 10.1. The van der Waals surface area contributed by atoms with Crippen LogP contribution in [0.4, 0.5) is 0 Å². The lowest BCUT2D eigenvalue weighted by Crippen LogP contribution is -2.55. The van der Waals surface area contributed by atoms with Crippen LogP contribution in [0.2, 0.25) is 0 Å². The fraction of sp³-hybridized carbons (Fsp3) is 0.588. The summed E-state index contributed by atoms with van der Waals surface area (Å²) in [5, 5.41) is 6.84. The van der Waals surface area contributed by atoms with Crippen molar-refractivity contribution in [1.29, 1.82) is 0 Å². The molecule has 122 valence electrons. The van der Waals surface area contributed by atoms with Crippen LogP contribution < -0.4 is 10.6 Å².